The van der Waals surface area contributed by atoms with Gasteiger partial charge < -0.3 is 18.9 Å². The Bertz CT molecular complexity index is 1420. The number of anilines is 1. The van der Waals surface area contributed by atoms with Gasteiger partial charge >= 0.3 is 0 Å². The van der Waals surface area contributed by atoms with Crippen molar-refractivity contribution < 1.29 is 18.9 Å². The van der Waals surface area contributed by atoms with Gasteiger partial charge in [-0.3, -0.25) is 5.01 Å². The molecule has 1 aliphatic rings. The van der Waals surface area contributed by atoms with Crippen molar-refractivity contribution in [3.8, 4) is 23.0 Å². The zero-order valence-corrected chi connectivity index (χ0v) is 22.3. The van der Waals surface area contributed by atoms with E-state index in [1.807, 2.05) is 72.8 Å². The smallest absolute Gasteiger partial charge is 0.161 e. The Labute approximate surface area is 228 Å². The van der Waals surface area contributed by atoms with E-state index < -0.39 is 0 Å². The van der Waals surface area contributed by atoms with Crippen LogP contribution in [0.5, 0.6) is 23.0 Å². The van der Waals surface area contributed by atoms with Gasteiger partial charge in [0.15, 0.2) is 23.0 Å². The van der Waals surface area contributed by atoms with E-state index in [-0.39, 0.29) is 6.04 Å². The SMILES string of the molecule is COc1ccc(C2=NN(c3ccccc3)C(c3ccc(OCc4ccc(Cl)cc4)c(OC)c3)C2)cc1OC. The van der Waals surface area contributed by atoms with Gasteiger partial charge in [-0.15, -0.1) is 0 Å². The number of nitrogens with zero attached hydrogens (tertiary/aromatic N) is 2. The normalized spacial score (nSPS) is 14.7. The number of hydrogen-bond acceptors (Lipinski definition) is 6. The summed E-state index contributed by atoms with van der Waals surface area (Å²) in [5.74, 6) is 2.71. The molecule has 0 aromatic heterocycles. The van der Waals surface area contributed by atoms with Gasteiger partial charge in [-0.05, 0) is 65.7 Å². The molecule has 0 amide bonds. The third-order valence-corrected chi connectivity index (χ3v) is 6.78. The summed E-state index contributed by atoms with van der Waals surface area (Å²) in [5, 5.41) is 7.81. The summed E-state index contributed by atoms with van der Waals surface area (Å²) in [5.41, 5.74) is 5.06. The molecule has 1 aliphatic heterocycles. The second-order valence-corrected chi connectivity index (χ2v) is 9.28. The van der Waals surface area contributed by atoms with Crippen LogP contribution in [0.25, 0.3) is 0 Å². The number of hydrazone groups is 1. The molecule has 0 saturated carbocycles. The molecule has 1 atom stereocenters. The van der Waals surface area contributed by atoms with Crippen molar-refractivity contribution in [2.75, 3.05) is 26.3 Å². The monoisotopic (exact) mass is 528 g/mol. The maximum Gasteiger partial charge on any atom is 0.161 e. The van der Waals surface area contributed by atoms with Gasteiger partial charge in [0, 0.05) is 17.0 Å². The molecule has 0 N–H and O–H groups in total. The summed E-state index contributed by atoms with van der Waals surface area (Å²) in [6.45, 7) is 0.416. The lowest BCUT2D eigenvalue weighted by Crippen LogP contribution is -2.18. The highest BCUT2D eigenvalue weighted by molar-refractivity contribution is 6.30. The molecule has 4 aromatic rings. The first-order valence-electron chi connectivity index (χ1n) is 12.3. The first-order chi connectivity index (χ1) is 18.6. The molecule has 0 bridgehead atoms. The van der Waals surface area contributed by atoms with Crippen LogP contribution in [0.15, 0.2) is 96.1 Å². The zero-order valence-electron chi connectivity index (χ0n) is 21.6. The minimum Gasteiger partial charge on any atom is -0.493 e. The number of rotatable bonds is 9. The van der Waals surface area contributed by atoms with E-state index in [1.54, 1.807) is 21.3 Å². The lowest BCUT2D eigenvalue weighted by atomic mass is 9.97. The quantitative estimate of drug-likeness (QED) is 0.228. The lowest BCUT2D eigenvalue weighted by Gasteiger charge is -2.24. The van der Waals surface area contributed by atoms with Crippen LogP contribution >= 0.6 is 11.6 Å². The predicted octanol–water partition coefficient (Wildman–Crippen LogP) is 7.30. The number of benzene rings is 4. The fourth-order valence-corrected chi connectivity index (χ4v) is 4.66. The summed E-state index contributed by atoms with van der Waals surface area (Å²) >= 11 is 6.00. The Morgan fingerprint density at radius 3 is 2.16 bits per heavy atom. The van der Waals surface area contributed by atoms with Crippen LogP contribution in [-0.2, 0) is 6.61 Å². The van der Waals surface area contributed by atoms with Crippen LogP contribution in [0.4, 0.5) is 5.69 Å². The second kappa shape index (κ2) is 11.5. The molecule has 194 valence electrons. The van der Waals surface area contributed by atoms with Crippen molar-refractivity contribution in [2.45, 2.75) is 19.1 Å². The Morgan fingerprint density at radius 1 is 0.763 bits per heavy atom. The Morgan fingerprint density at radius 2 is 1.45 bits per heavy atom. The first kappa shape index (κ1) is 25.5. The molecule has 0 saturated heterocycles. The summed E-state index contributed by atoms with van der Waals surface area (Å²) in [6.07, 6.45) is 0.707. The Hall–Kier alpha value is -4.16. The Balaban J connectivity index is 1.44. The highest BCUT2D eigenvalue weighted by Gasteiger charge is 2.31. The number of para-hydroxylation sites is 1. The van der Waals surface area contributed by atoms with Crippen LogP contribution in [-0.4, -0.2) is 27.0 Å². The van der Waals surface area contributed by atoms with Crippen molar-refractivity contribution in [1.29, 1.82) is 0 Å². The minimum absolute atomic E-state index is 0.0280. The summed E-state index contributed by atoms with van der Waals surface area (Å²) in [6, 6.07) is 29.7. The molecular formula is C31H29ClN2O4. The molecule has 1 heterocycles. The van der Waals surface area contributed by atoms with Crippen LogP contribution in [0.3, 0.4) is 0 Å². The van der Waals surface area contributed by atoms with Crippen molar-refractivity contribution >= 4 is 23.0 Å². The number of methoxy groups -OCH3 is 3. The first-order valence-corrected chi connectivity index (χ1v) is 12.7. The van der Waals surface area contributed by atoms with E-state index in [2.05, 4.69) is 23.2 Å². The molecule has 0 radical (unpaired) electrons. The van der Waals surface area contributed by atoms with Crippen LogP contribution < -0.4 is 24.0 Å². The highest BCUT2D eigenvalue weighted by atomic mass is 35.5. The second-order valence-electron chi connectivity index (χ2n) is 8.84. The molecule has 38 heavy (non-hydrogen) atoms. The third-order valence-electron chi connectivity index (χ3n) is 6.53. The van der Waals surface area contributed by atoms with Gasteiger partial charge in [0.1, 0.15) is 6.61 Å². The topological polar surface area (TPSA) is 52.5 Å². The van der Waals surface area contributed by atoms with E-state index in [0.717, 1.165) is 28.1 Å². The fraction of sp³-hybridized carbons (Fsp3) is 0.194. The van der Waals surface area contributed by atoms with Crippen LogP contribution in [0.2, 0.25) is 5.02 Å². The molecule has 0 aliphatic carbocycles. The van der Waals surface area contributed by atoms with Gasteiger partial charge in [0.2, 0.25) is 0 Å². The standard InChI is InChI=1S/C31H29ClN2O4/c1-35-28-15-11-22(17-30(28)36-2)26-19-27(34(33-26)25-7-5-4-6-8-25)23-12-16-29(31(18-23)37-3)38-20-21-9-13-24(32)14-10-21/h4-18,27H,19-20H2,1-3H3. The highest BCUT2D eigenvalue weighted by Crippen LogP contribution is 2.40. The maximum atomic E-state index is 6.08. The van der Waals surface area contributed by atoms with E-state index in [4.69, 9.17) is 35.6 Å². The van der Waals surface area contributed by atoms with E-state index in [9.17, 15) is 0 Å². The van der Waals surface area contributed by atoms with Crippen molar-refractivity contribution in [2.24, 2.45) is 5.10 Å². The average molecular weight is 529 g/mol. The van der Waals surface area contributed by atoms with E-state index in [1.165, 1.54) is 0 Å². The average Bonchev–Trinajstić information content (AvgIpc) is 3.42. The van der Waals surface area contributed by atoms with Gasteiger partial charge in [0.25, 0.3) is 0 Å². The molecule has 0 fully saturated rings. The summed E-state index contributed by atoms with van der Waals surface area (Å²) in [4.78, 5) is 0. The zero-order chi connectivity index (χ0) is 26.5. The third kappa shape index (κ3) is 5.41. The van der Waals surface area contributed by atoms with Gasteiger partial charge in [-0.1, -0.05) is 48.0 Å². The van der Waals surface area contributed by atoms with Gasteiger partial charge in [-0.25, -0.2) is 0 Å². The van der Waals surface area contributed by atoms with Crippen LogP contribution in [0, 0.1) is 0 Å². The molecule has 0 spiro atoms. The van der Waals surface area contributed by atoms with Crippen molar-refractivity contribution in [1.82, 2.24) is 0 Å². The summed E-state index contributed by atoms with van der Waals surface area (Å²) < 4.78 is 22.8. The largest absolute Gasteiger partial charge is 0.493 e. The van der Waals surface area contributed by atoms with Crippen LogP contribution in [0.1, 0.15) is 29.2 Å². The van der Waals surface area contributed by atoms with E-state index >= 15 is 0 Å². The van der Waals surface area contributed by atoms with Crippen molar-refractivity contribution in [3.05, 3.63) is 113 Å². The fourth-order valence-electron chi connectivity index (χ4n) is 4.53. The molecular weight excluding hydrogens is 500 g/mol. The molecule has 7 heteroatoms. The minimum atomic E-state index is -0.0280. The number of halogens is 1. The van der Waals surface area contributed by atoms with Gasteiger partial charge in [0.05, 0.1) is 38.8 Å². The number of hydrogen-bond donors (Lipinski definition) is 0. The molecule has 1 unspecified atom stereocenters. The molecule has 4 aromatic carbocycles. The maximum absolute atomic E-state index is 6.08. The molecule has 6 nitrogen and oxygen atoms in total. The van der Waals surface area contributed by atoms with Crippen molar-refractivity contribution in [3.63, 3.8) is 0 Å². The van der Waals surface area contributed by atoms with Gasteiger partial charge in [-0.2, -0.15) is 5.10 Å². The predicted molar refractivity (Wildman–Crippen MR) is 151 cm³/mol. The Kier molecular flexibility index (Phi) is 7.70. The van der Waals surface area contributed by atoms with E-state index in [0.29, 0.717) is 41.0 Å². The molecule has 5 rings (SSSR count). The lowest BCUT2D eigenvalue weighted by molar-refractivity contribution is 0.284. The summed E-state index contributed by atoms with van der Waals surface area (Å²) in [7, 11) is 4.93. The number of ether oxygens (including phenoxy) is 4.